The molecule has 0 N–H and O–H groups in total. The molecule has 3 nitrogen and oxygen atoms in total. The number of hydrogen-bond acceptors (Lipinski definition) is 3. The van der Waals surface area contributed by atoms with E-state index in [4.69, 9.17) is 13.6 Å². The van der Waals surface area contributed by atoms with Crippen molar-refractivity contribution in [2.45, 2.75) is 39.3 Å². The highest BCUT2D eigenvalue weighted by molar-refractivity contribution is 6.82. The Hall–Kier alpha value is -0.843. The van der Waals surface area contributed by atoms with E-state index < -0.39 is 8.56 Å². The highest BCUT2D eigenvalue weighted by Gasteiger charge is 2.41. The normalized spacial score (nSPS) is 12.2. The van der Waals surface area contributed by atoms with Crippen LogP contribution < -0.4 is 9.92 Å². The zero-order valence-electron chi connectivity index (χ0n) is 12.2. The van der Waals surface area contributed by atoms with E-state index in [-0.39, 0.29) is 6.10 Å². The summed E-state index contributed by atoms with van der Waals surface area (Å²) in [5.74, 6) is 0.882. The summed E-state index contributed by atoms with van der Waals surface area (Å²) in [6.45, 7) is 8.31. The van der Waals surface area contributed by atoms with Crippen molar-refractivity contribution in [2.75, 3.05) is 14.2 Å². The minimum absolute atomic E-state index is 0.188. The van der Waals surface area contributed by atoms with E-state index in [1.165, 1.54) is 0 Å². The van der Waals surface area contributed by atoms with Gasteiger partial charge in [-0.1, -0.05) is 26.0 Å². The van der Waals surface area contributed by atoms with Gasteiger partial charge in [-0.25, -0.2) is 0 Å². The maximum Gasteiger partial charge on any atom is 0.374 e. The predicted molar refractivity (Wildman–Crippen MR) is 76.7 cm³/mol. The van der Waals surface area contributed by atoms with Gasteiger partial charge in [0.2, 0.25) is 0 Å². The van der Waals surface area contributed by atoms with Gasteiger partial charge in [-0.15, -0.1) is 0 Å². The molecule has 0 atom stereocenters. The summed E-state index contributed by atoms with van der Waals surface area (Å²) in [5.41, 5.74) is 0.351. The Bertz CT molecular complexity index is 356. The fourth-order valence-electron chi connectivity index (χ4n) is 2.16. The summed E-state index contributed by atoms with van der Waals surface area (Å²) in [6.07, 6.45) is 0.188. The van der Waals surface area contributed by atoms with E-state index in [0.717, 1.165) is 10.9 Å². The molecule has 102 valence electrons. The third-order valence-electron chi connectivity index (χ3n) is 3.00. The van der Waals surface area contributed by atoms with Crippen LogP contribution in [0.3, 0.4) is 0 Å². The minimum atomic E-state index is -2.32. The van der Waals surface area contributed by atoms with E-state index in [0.29, 0.717) is 5.54 Å². The Morgan fingerprint density at radius 2 is 1.39 bits per heavy atom. The second-order valence-corrected chi connectivity index (χ2v) is 8.80. The van der Waals surface area contributed by atoms with E-state index in [2.05, 4.69) is 26.0 Å². The lowest BCUT2D eigenvalue weighted by Crippen LogP contribution is -2.54. The SMILES string of the molecule is CO[Si](OC)(c1ccc(OC(C)C)cc1)C(C)C. The van der Waals surface area contributed by atoms with Crippen molar-refractivity contribution in [3.8, 4) is 5.75 Å². The van der Waals surface area contributed by atoms with Crippen LogP contribution in [0.1, 0.15) is 27.7 Å². The summed E-state index contributed by atoms with van der Waals surface area (Å²) < 4.78 is 17.1. The molecule has 0 radical (unpaired) electrons. The van der Waals surface area contributed by atoms with Crippen molar-refractivity contribution in [1.29, 1.82) is 0 Å². The zero-order valence-corrected chi connectivity index (χ0v) is 13.2. The standard InChI is InChI=1S/C14H24O3Si/c1-11(2)17-13-7-9-14(10-8-13)18(15-5,16-6)12(3)4/h7-12H,1-6H3. The maximum absolute atomic E-state index is 5.73. The van der Waals surface area contributed by atoms with Crippen molar-refractivity contribution < 1.29 is 13.6 Å². The average molecular weight is 268 g/mol. The van der Waals surface area contributed by atoms with E-state index in [9.17, 15) is 0 Å². The number of hydrogen-bond donors (Lipinski definition) is 0. The van der Waals surface area contributed by atoms with Crippen molar-refractivity contribution in [3.05, 3.63) is 24.3 Å². The Balaban J connectivity index is 3.01. The second-order valence-electron chi connectivity index (χ2n) is 4.92. The minimum Gasteiger partial charge on any atom is -0.491 e. The molecule has 0 saturated carbocycles. The molecular weight excluding hydrogens is 244 g/mol. The molecule has 1 aromatic rings. The van der Waals surface area contributed by atoms with Crippen LogP contribution in [0.5, 0.6) is 5.75 Å². The van der Waals surface area contributed by atoms with Gasteiger partial charge >= 0.3 is 8.56 Å². The van der Waals surface area contributed by atoms with Crippen LogP contribution in [-0.4, -0.2) is 28.9 Å². The first kappa shape index (κ1) is 15.2. The maximum atomic E-state index is 5.73. The molecule has 0 aromatic heterocycles. The fraction of sp³-hybridized carbons (Fsp3) is 0.571. The molecule has 0 heterocycles. The molecule has 0 amide bonds. The van der Waals surface area contributed by atoms with Crippen LogP contribution in [0.2, 0.25) is 5.54 Å². The molecule has 0 fully saturated rings. The highest BCUT2D eigenvalue weighted by Crippen LogP contribution is 2.23. The lowest BCUT2D eigenvalue weighted by atomic mass is 10.3. The largest absolute Gasteiger partial charge is 0.491 e. The van der Waals surface area contributed by atoms with Crippen molar-refractivity contribution in [2.24, 2.45) is 0 Å². The summed E-state index contributed by atoms with van der Waals surface area (Å²) in [7, 11) is 1.15. The first-order chi connectivity index (χ1) is 8.46. The van der Waals surface area contributed by atoms with E-state index >= 15 is 0 Å². The Kier molecular flexibility index (Phi) is 5.38. The molecule has 0 unspecified atom stereocenters. The van der Waals surface area contributed by atoms with Crippen LogP contribution in [0.25, 0.3) is 0 Å². The molecule has 0 aliphatic carbocycles. The van der Waals surface area contributed by atoms with Gasteiger partial charge in [0.15, 0.2) is 0 Å². The number of benzene rings is 1. The molecule has 1 aromatic carbocycles. The summed E-state index contributed by atoms with van der Waals surface area (Å²) in [5, 5.41) is 1.14. The molecule has 4 heteroatoms. The van der Waals surface area contributed by atoms with Gasteiger partial charge in [0, 0.05) is 19.8 Å². The molecule has 0 spiro atoms. The molecule has 0 bridgehead atoms. The van der Waals surface area contributed by atoms with Crippen LogP contribution >= 0.6 is 0 Å². The van der Waals surface area contributed by atoms with Gasteiger partial charge < -0.3 is 13.6 Å². The molecule has 1 rings (SSSR count). The van der Waals surface area contributed by atoms with Gasteiger partial charge in [0.05, 0.1) is 6.10 Å². The highest BCUT2D eigenvalue weighted by atomic mass is 28.4. The summed E-state index contributed by atoms with van der Waals surface area (Å²) >= 11 is 0. The Morgan fingerprint density at radius 1 is 0.889 bits per heavy atom. The number of rotatable bonds is 6. The molecule has 18 heavy (non-hydrogen) atoms. The molecular formula is C14H24O3Si. The quantitative estimate of drug-likeness (QED) is 0.743. The topological polar surface area (TPSA) is 27.7 Å². The predicted octanol–water partition coefficient (Wildman–Crippen LogP) is 2.83. The lowest BCUT2D eigenvalue weighted by molar-refractivity contribution is 0.242. The third kappa shape index (κ3) is 3.13. The van der Waals surface area contributed by atoms with E-state index in [1.54, 1.807) is 14.2 Å². The average Bonchev–Trinajstić information content (AvgIpc) is 2.32. The Morgan fingerprint density at radius 3 is 1.72 bits per heavy atom. The zero-order chi connectivity index (χ0) is 13.8. The van der Waals surface area contributed by atoms with Crippen molar-refractivity contribution >= 4 is 13.7 Å². The molecule has 0 saturated heterocycles. The van der Waals surface area contributed by atoms with Gasteiger partial charge in [-0.05, 0) is 31.2 Å². The van der Waals surface area contributed by atoms with Crippen molar-refractivity contribution in [3.63, 3.8) is 0 Å². The van der Waals surface area contributed by atoms with Gasteiger partial charge in [0.25, 0.3) is 0 Å². The monoisotopic (exact) mass is 268 g/mol. The smallest absolute Gasteiger partial charge is 0.374 e. The van der Waals surface area contributed by atoms with Gasteiger partial charge in [-0.2, -0.15) is 0 Å². The van der Waals surface area contributed by atoms with Crippen LogP contribution in [0, 0.1) is 0 Å². The first-order valence-corrected chi connectivity index (χ1v) is 8.23. The van der Waals surface area contributed by atoms with Crippen LogP contribution in [-0.2, 0) is 8.85 Å². The van der Waals surface area contributed by atoms with Gasteiger partial charge in [-0.3, -0.25) is 0 Å². The van der Waals surface area contributed by atoms with Gasteiger partial charge in [0.1, 0.15) is 5.75 Å². The molecule has 0 aliphatic rings. The second kappa shape index (κ2) is 6.36. The number of ether oxygens (including phenoxy) is 1. The summed E-state index contributed by atoms with van der Waals surface area (Å²) in [4.78, 5) is 0. The summed E-state index contributed by atoms with van der Waals surface area (Å²) in [6, 6.07) is 8.07. The van der Waals surface area contributed by atoms with Crippen LogP contribution in [0.4, 0.5) is 0 Å². The van der Waals surface area contributed by atoms with E-state index in [1.807, 2.05) is 26.0 Å². The third-order valence-corrected chi connectivity index (χ3v) is 6.87. The first-order valence-electron chi connectivity index (χ1n) is 6.33. The fourth-order valence-corrected chi connectivity index (χ4v) is 5.04. The van der Waals surface area contributed by atoms with Crippen molar-refractivity contribution in [1.82, 2.24) is 0 Å². The van der Waals surface area contributed by atoms with Crippen LogP contribution in [0.15, 0.2) is 24.3 Å². The Labute approximate surface area is 111 Å². The lowest BCUT2D eigenvalue weighted by Gasteiger charge is -2.31. The molecule has 0 aliphatic heterocycles.